The fourth-order valence-electron chi connectivity index (χ4n) is 1.62. The van der Waals surface area contributed by atoms with E-state index in [-0.39, 0.29) is 0 Å². The van der Waals surface area contributed by atoms with Crippen LogP contribution >= 0.6 is 0 Å². The summed E-state index contributed by atoms with van der Waals surface area (Å²) in [4.78, 5) is 23.5. The number of carbonyl (C=O) groups is 2. The van der Waals surface area contributed by atoms with E-state index < -0.39 is 11.7 Å². The molecule has 0 heterocycles. The van der Waals surface area contributed by atoms with Crippen LogP contribution < -0.4 is 11.1 Å². The number of benzene rings is 2. The third-order valence-corrected chi connectivity index (χ3v) is 2.67. The molecular weight excluding hydrogens is 240 g/mol. The summed E-state index contributed by atoms with van der Waals surface area (Å²) < 4.78 is 0. The molecule has 0 aromatic heterocycles. The molecule has 0 saturated carbocycles. The number of carbonyl (C=O) groups excluding carboxylic acids is 2. The van der Waals surface area contributed by atoms with Gasteiger partial charge in [-0.1, -0.05) is 42.5 Å². The van der Waals surface area contributed by atoms with Gasteiger partial charge in [-0.3, -0.25) is 9.59 Å². The highest BCUT2D eigenvalue weighted by Crippen LogP contribution is 2.05. The van der Waals surface area contributed by atoms with Crippen molar-refractivity contribution in [3.05, 3.63) is 65.7 Å². The van der Waals surface area contributed by atoms with E-state index in [1.807, 2.05) is 12.1 Å². The van der Waals surface area contributed by atoms with Crippen molar-refractivity contribution in [3.63, 3.8) is 0 Å². The minimum Gasteiger partial charge on any atom is -0.399 e. The highest BCUT2D eigenvalue weighted by Gasteiger charge is 2.14. The molecule has 0 atom stereocenters. The van der Waals surface area contributed by atoms with E-state index in [2.05, 4.69) is 5.32 Å². The Morgan fingerprint density at radius 3 is 2.21 bits per heavy atom. The molecule has 2 aromatic rings. The van der Waals surface area contributed by atoms with Crippen molar-refractivity contribution in [2.45, 2.75) is 6.54 Å². The molecule has 0 bridgehead atoms. The van der Waals surface area contributed by atoms with Gasteiger partial charge < -0.3 is 11.1 Å². The molecule has 19 heavy (non-hydrogen) atoms. The number of hydrogen-bond acceptors (Lipinski definition) is 3. The monoisotopic (exact) mass is 254 g/mol. The largest absolute Gasteiger partial charge is 0.399 e. The lowest BCUT2D eigenvalue weighted by Crippen LogP contribution is -2.30. The number of nitrogen functional groups attached to an aromatic ring is 1. The molecule has 96 valence electrons. The molecule has 0 spiro atoms. The standard InChI is InChI=1S/C15H14N2O2/c16-13-8-6-11(7-9-13)10-17-15(19)14(18)12-4-2-1-3-5-12/h1-9H,10,16H2,(H,17,19). The van der Waals surface area contributed by atoms with Gasteiger partial charge in [0.05, 0.1) is 0 Å². The maximum atomic E-state index is 11.8. The van der Waals surface area contributed by atoms with Crippen LogP contribution in [-0.2, 0) is 11.3 Å². The first kappa shape index (κ1) is 12.8. The number of Topliss-reactive ketones (excluding diaryl/α,β-unsaturated/α-hetero) is 1. The van der Waals surface area contributed by atoms with Crippen LogP contribution in [0.3, 0.4) is 0 Å². The van der Waals surface area contributed by atoms with Gasteiger partial charge in [-0.25, -0.2) is 0 Å². The van der Waals surface area contributed by atoms with E-state index in [4.69, 9.17) is 5.73 Å². The molecular formula is C15H14N2O2. The van der Waals surface area contributed by atoms with Gasteiger partial charge in [0.15, 0.2) is 0 Å². The minimum absolute atomic E-state index is 0.303. The Bertz CT molecular complexity index is 577. The highest BCUT2D eigenvalue weighted by atomic mass is 16.2. The Balaban J connectivity index is 1.95. The number of hydrogen-bond donors (Lipinski definition) is 2. The molecule has 0 aliphatic rings. The fraction of sp³-hybridized carbons (Fsp3) is 0.0667. The summed E-state index contributed by atoms with van der Waals surface area (Å²) in [6.45, 7) is 0.303. The van der Waals surface area contributed by atoms with Gasteiger partial charge in [0.1, 0.15) is 0 Å². The van der Waals surface area contributed by atoms with Crippen molar-refractivity contribution in [1.29, 1.82) is 0 Å². The minimum atomic E-state index is -0.608. The second-order valence-electron chi connectivity index (χ2n) is 4.12. The molecule has 2 rings (SSSR count). The summed E-state index contributed by atoms with van der Waals surface area (Å²) in [6, 6.07) is 15.6. The van der Waals surface area contributed by atoms with E-state index in [1.54, 1.807) is 42.5 Å². The normalized spacial score (nSPS) is 9.89. The van der Waals surface area contributed by atoms with E-state index in [0.717, 1.165) is 5.56 Å². The third-order valence-electron chi connectivity index (χ3n) is 2.67. The first-order valence-corrected chi connectivity index (χ1v) is 5.89. The van der Waals surface area contributed by atoms with Gasteiger partial charge in [0.2, 0.25) is 5.78 Å². The fourth-order valence-corrected chi connectivity index (χ4v) is 1.62. The van der Waals surface area contributed by atoms with Crippen LogP contribution in [0.4, 0.5) is 5.69 Å². The summed E-state index contributed by atoms with van der Waals surface area (Å²) >= 11 is 0. The van der Waals surface area contributed by atoms with Gasteiger partial charge in [-0.05, 0) is 17.7 Å². The van der Waals surface area contributed by atoms with Crippen molar-refractivity contribution in [2.24, 2.45) is 0 Å². The van der Waals surface area contributed by atoms with E-state index in [1.165, 1.54) is 0 Å². The van der Waals surface area contributed by atoms with Crippen molar-refractivity contribution < 1.29 is 9.59 Å². The lowest BCUT2D eigenvalue weighted by Gasteiger charge is -2.05. The quantitative estimate of drug-likeness (QED) is 0.496. The number of nitrogens with two attached hydrogens (primary N) is 1. The van der Waals surface area contributed by atoms with E-state index in [0.29, 0.717) is 17.8 Å². The lowest BCUT2D eigenvalue weighted by molar-refractivity contribution is -0.117. The van der Waals surface area contributed by atoms with E-state index in [9.17, 15) is 9.59 Å². The summed E-state index contributed by atoms with van der Waals surface area (Å²) in [5.41, 5.74) is 7.51. The molecule has 0 aliphatic heterocycles. The molecule has 4 nitrogen and oxygen atoms in total. The van der Waals surface area contributed by atoms with Gasteiger partial charge in [0.25, 0.3) is 5.91 Å². The predicted molar refractivity (Wildman–Crippen MR) is 73.5 cm³/mol. The molecule has 2 aromatic carbocycles. The third kappa shape index (κ3) is 3.42. The van der Waals surface area contributed by atoms with Crippen LogP contribution in [-0.4, -0.2) is 11.7 Å². The van der Waals surface area contributed by atoms with E-state index >= 15 is 0 Å². The average Bonchev–Trinajstić information content (AvgIpc) is 2.46. The Labute approximate surface area is 111 Å². The predicted octanol–water partition coefficient (Wildman–Crippen LogP) is 1.77. The van der Waals surface area contributed by atoms with Gasteiger partial charge in [-0.15, -0.1) is 0 Å². The topological polar surface area (TPSA) is 72.2 Å². The van der Waals surface area contributed by atoms with Crippen molar-refractivity contribution in [3.8, 4) is 0 Å². The Morgan fingerprint density at radius 1 is 0.947 bits per heavy atom. The number of nitrogens with one attached hydrogen (secondary N) is 1. The van der Waals surface area contributed by atoms with Gasteiger partial charge >= 0.3 is 0 Å². The first-order chi connectivity index (χ1) is 9.16. The Morgan fingerprint density at radius 2 is 1.58 bits per heavy atom. The molecule has 0 unspecified atom stereocenters. The summed E-state index contributed by atoms with van der Waals surface area (Å²) in [5.74, 6) is -1.14. The van der Waals surface area contributed by atoms with Crippen molar-refractivity contribution in [1.82, 2.24) is 5.32 Å². The summed E-state index contributed by atoms with van der Waals surface area (Å²) in [7, 11) is 0. The van der Waals surface area contributed by atoms with Crippen LogP contribution in [0.1, 0.15) is 15.9 Å². The van der Waals surface area contributed by atoms with Crippen LogP contribution in [0.2, 0.25) is 0 Å². The van der Waals surface area contributed by atoms with Crippen LogP contribution in [0.15, 0.2) is 54.6 Å². The lowest BCUT2D eigenvalue weighted by atomic mass is 10.1. The first-order valence-electron chi connectivity index (χ1n) is 5.89. The zero-order valence-corrected chi connectivity index (χ0v) is 10.3. The molecule has 0 radical (unpaired) electrons. The number of amides is 1. The SMILES string of the molecule is Nc1ccc(CNC(=O)C(=O)c2ccccc2)cc1. The Hall–Kier alpha value is -2.62. The molecule has 4 heteroatoms. The van der Waals surface area contributed by atoms with Crippen LogP contribution in [0, 0.1) is 0 Å². The zero-order valence-electron chi connectivity index (χ0n) is 10.3. The van der Waals surface area contributed by atoms with Gasteiger partial charge in [0, 0.05) is 17.8 Å². The second kappa shape index (κ2) is 5.82. The van der Waals surface area contributed by atoms with Crippen LogP contribution in [0.5, 0.6) is 0 Å². The highest BCUT2D eigenvalue weighted by molar-refractivity contribution is 6.42. The maximum absolute atomic E-state index is 11.8. The van der Waals surface area contributed by atoms with Crippen LogP contribution in [0.25, 0.3) is 0 Å². The summed E-state index contributed by atoms with van der Waals surface area (Å²) in [6.07, 6.45) is 0. The van der Waals surface area contributed by atoms with Crippen molar-refractivity contribution in [2.75, 3.05) is 5.73 Å². The number of anilines is 1. The molecule has 1 amide bonds. The Kier molecular flexibility index (Phi) is 3.93. The molecule has 3 N–H and O–H groups in total. The second-order valence-corrected chi connectivity index (χ2v) is 4.12. The molecule has 0 fully saturated rings. The van der Waals surface area contributed by atoms with Crippen molar-refractivity contribution >= 4 is 17.4 Å². The van der Waals surface area contributed by atoms with Gasteiger partial charge in [-0.2, -0.15) is 0 Å². The molecule has 0 aliphatic carbocycles. The zero-order chi connectivity index (χ0) is 13.7. The summed E-state index contributed by atoms with van der Waals surface area (Å²) in [5, 5.41) is 2.59. The smallest absolute Gasteiger partial charge is 0.292 e. The maximum Gasteiger partial charge on any atom is 0.292 e. The number of ketones is 1. The average molecular weight is 254 g/mol. The molecule has 0 saturated heterocycles. The number of rotatable bonds is 4.